The molecule has 1 heterocycles. The van der Waals surface area contributed by atoms with Gasteiger partial charge in [-0.15, -0.1) is 0 Å². The van der Waals surface area contributed by atoms with E-state index in [1.165, 1.54) is 44.9 Å². The van der Waals surface area contributed by atoms with Gasteiger partial charge in [-0.2, -0.15) is 0 Å². The smallest absolute Gasteiger partial charge is 0.258 e. The van der Waals surface area contributed by atoms with Crippen molar-refractivity contribution in [2.75, 3.05) is 0 Å². The first kappa shape index (κ1) is 14.3. The number of hydrogen-bond donors (Lipinski definition) is 2. The number of H-pyrrole nitrogens is 1. The molecule has 0 atom stereocenters. The molecule has 21 heavy (non-hydrogen) atoms. The monoisotopic (exact) mass is 285 g/mol. The summed E-state index contributed by atoms with van der Waals surface area (Å²) in [6.07, 6.45) is 9.16. The van der Waals surface area contributed by atoms with E-state index in [4.69, 9.17) is 0 Å². The molecule has 3 rings (SSSR count). The van der Waals surface area contributed by atoms with Crippen molar-refractivity contribution >= 4 is 10.9 Å². The Labute approximate surface area is 125 Å². The van der Waals surface area contributed by atoms with Gasteiger partial charge in [0.25, 0.3) is 5.56 Å². The highest BCUT2D eigenvalue weighted by Gasteiger charge is 2.11. The van der Waals surface area contributed by atoms with Crippen LogP contribution in [0.3, 0.4) is 0 Å². The first-order valence-corrected chi connectivity index (χ1v) is 8.04. The van der Waals surface area contributed by atoms with Crippen molar-refractivity contribution in [3.05, 3.63) is 40.4 Å². The Balaban J connectivity index is 1.68. The zero-order valence-electron chi connectivity index (χ0n) is 12.4. The highest BCUT2D eigenvalue weighted by atomic mass is 16.1. The Kier molecular flexibility index (Phi) is 4.65. The van der Waals surface area contributed by atoms with Gasteiger partial charge in [-0.05, 0) is 25.0 Å². The van der Waals surface area contributed by atoms with Crippen LogP contribution in [0.2, 0.25) is 0 Å². The highest BCUT2D eigenvalue weighted by molar-refractivity contribution is 5.77. The minimum Gasteiger partial charge on any atom is -0.309 e. The van der Waals surface area contributed by atoms with Crippen LogP contribution in [0.15, 0.2) is 29.1 Å². The van der Waals surface area contributed by atoms with Crippen molar-refractivity contribution in [1.82, 2.24) is 15.3 Å². The van der Waals surface area contributed by atoms with Crippen LogP contribution in [0.25, 0.3) is 10.9 Å². The first-order valence-electron chi connectivity index (χ1n) is 8.04. The summed E-state index contributed by atoms with van der Waals surface area (Å²) in [4.78, 5) is 19.5. The maximum atomic E-state index is 12.0. The second-order valence-corrected chi connectivity index (χ2v) is 5.95. The van der Waals surface area contributed by atoms with E-state index in [0.717, 1.165) is 11.3 Å². The average Bonchev–Trinajstić information content (AvgIpc) is 2.46. The van der Waals surface area contributed by atoms with Crippen LogP contribution in [0.4, 0.5) is 0 Å². The Morgan fingerprint density at radius 3 is 2.62 bits per heavy atom. The number of nitrogens with one attached hydrogen (secondary N) is 2. The quantitative estimate of drug-likeness (QED) is 0.911. The SMILES string of the molecule is O=c1[nH]c(CNC2CCCCCCC2)nc2ccccc12. The van der Waals surface area contributed by atoms with Crippen LogP contribution in [0.1, 0.15) is 50.8 Å². The van der Waals surface area contributed by atoms with Crippen LogP contribution in [-0.4, -0.2) is 16.0 Å². The summed E-state index contributed by atoms with van der Waals surface area (Å²) in [5.74, 6) is 0.737. The summed E-state index contributed by atoms with van der Waals surface area (Å²) in [5.41, 5.74) is 0.728. The van der Waals surface area contributed by atoms with Crippen molar-refractivity contribution in [2.24, 2.45) is 0 Å². The number of fused-ring (bicyclic) bond motifs is 1. The summed E-state index contributed by atoms with van der Waals surface area (Å²) < 4.78 is 0. The molecule has 0 saturated heterocycles. The molecule has 1 fully saturated rings. The van der Waals surface area contributed by atoms with Gasteiger partial charge in [0.15, 0.2) is 0 Å². The molecule has 112 valence electrons. The maximum Gasteiger partial charge on any atom is 0.258 e. The van der Waals surface area contributed by atoms with Gasteiger partial charge < -0.3 is 10.3 Å². The summed E-state index contributed by atoms with van der Waals surface area (Å²) in [6.45, 7) is 0.644. The van der Waals surface area contributed by atoms with E-state index >= 15 is 0 Å². The molecular formula is C17H23N3O. The lowest BCUT2D eigenvalue weighted by atomic mass is 9.97. The van der Waals surface area contributed by atoms with Gasteiger partial charge in [-0.1, -0.05) is 44.2 Å². The van der Waals surface area contributed by atoms with E-state index in [0.29, 0.717) is 18.0 Å². The summed E-state index contributed by atoms with van der Waals surface area (Å²) >= 11 is 0. The Bertz CT molecular complexity index is 642. The second-order valence-electron chi connectivity index (χ2n) is 5.95. The third kappa shape index (κ3) is 3.70. The van der Waals surface area contributed by atoms with Gasteiger partial charge >= 0.3 is 0 Å². The minimum atomic E-state index is -0.0462. The molecule has 1 aromatic heterocycles. The molecule has 1 aliphatic carbocycles. The molecule has 1 aliphatic rings. The largest absolute Gasteiger partial charge is 0.309 e. The van der Waals surface area contributed by atoms with Gasteiger partial charge in [0.2, 0.25) is 0 Å². The van der Waals surface area contributed by atoms with Gasteiger partial charge in [-0.25, -0.2) is 4.98 Å². The van der Waals surface area contributed by atoms with Crippen LogP contribution in [0.5, 0.6) is 0 Å². The second kappa shape index (κ2) is 6.85. The fourth-order valence-electron chi connectivity index (χ4n) is 3.12. The normalized spacial score (nSPS) is 17.5. The predicted octanol–water partition coefficient (Wildman–Crippen LogP) is 3.13. The number of nitrogens with zero attached hydrogens (tertiary/aromatic N) is 1. The summed E-state index contributed by atoms with van der Waals surface area (Å²) in [7, 11) is 0. The van der Waals surface area contributed by atoms with Crippen molar-refractivity contribution in [2.45, 2.75) is 57.5 Å². The molecule has 0 spiro atoms. The van der Waals surface area contributed by atoms with Crippen molar-refractivity contribution < 1.29 is 0 Å². The van der Waals surface area contributed by atoms with Crippen LogP contribution >= 0.6 is 0 Å². The molecule has 4 nitrogen and oxygen atoms in total. The third-order valence-electron chi connectivity index (χ3n) is 4.33. The topological polar surface area (TPSA) is 57.8 Å². The van der Waals surface area contributed by atoms with Crippen LogP contribution in [0, 0.1) is 0 Å². The molecule has 0 aliphatic heterocycles. The Hall–Kier alpha value is -1.68. The lowest BCUT2D eigenvalue weighted by Gasteiger charge is -2.20. The third-order valence-corrected chi connectivity index (χ3v) is 4.33. The molecule has 0 amide bonds. The average molecular weight is 285 g/mol. The molecule has 1 aromatic carbocycles. The number of benzene rings is 1. The standard InChI is InChI=1S/C17H23N3O/c21-17-14-10-6-7-11-15(14)19-16(20-17)12-18-13-8-4-2-1-3-5-9-13/h6-7,10-11,13,18H,1-5,8-9,12H2,(H,19,20,21). The van der Waals surface area contributed by atoms with Gasteiger partial charge in [0, 0.05) is 6.04 Å². The van der Waals surface area contributed by atoms with E-state index in [-0.39, 0.29) is 5.56 Å². The van der Waals surface area contributed by atoms with Gasteiger partial charge in [0.05, 0.1) is 17.4 Å². The summed E-state index contributed by atoms with van der Waals surface area (Å²) in [6, 6.07) is 8.05. The first-order chi connectivity index (χ1) is 10.3. The number of para-hydroxylation sites is 1. The van der Waals surface area contributed by atoms with Crippen molar-refractivity contribution in [1.29, 1.82) is 0 Å². The van der Waals surface area contributed by atoms with Crippen LogP contribution < -0.4 is 10.9 Å². The number of rotatable bonds is 3. The zero-order chi connectivity index (χ0) is 14.5. The molecule has 0 unspecified atom stereocenters. The number of aromatic amines is 1. The minimum absolute atomic E-state index is 0.0462. The summed E-state index contributed by atoms with van der Waals surface area (Å²) in [5, 5.41) is 4.22. The Morgan fingerprint density at radius 1 is 1.10 bits per heavy atom. The van der Waals surface area contributed by atoms with E-state index in [1.807, 2.05) is 24.3 Å². The van der Waals surface area contributed by atoms with E-state index in [1.54, 1.807) is 0 Å². The van der Waals surface area contributed by atoms with Gasteiger partial charge in [0.1, 0.15) is 5.82 Å². The molecule has 2 aromatic rings. The number of hydrogen-bond acceptors (Lipinski definition) is 3. The van der Waals surface area contributed by atoms with Crippen molar-refractivity contribution in [3.8, 4) is 0 Å². The van der Waals surface area contributed by atoms with Crippen molar-refractivity contribution in [3.63, 3.8) is 0 Å². The van der Waals surface area contributed by atoms with E-state index < -0.39 is 0 Å². The fraction of sp³-hybridized carbons (Fsp3) is 0.529. The lowest BCUT2D eigenvalue weighted by molar-refractivity contribution is 0.386. The molecule has 0 radical (unpaired) electrons. The molecule has 4 heteroatoms. The molecule has 2 N–H and O–H groups in total. The lowest BCUT2D eigenvalue weighted by Crippen LogP contribution is -2.30. The zero-order valence-corrected chi connectivity index (χ0v) is 12.4. The van der Waals surface area contributed by atoms with E-state index in [2.05, 4.69) is 15.3 Å². The molecule has 1 saturated carbocycles. The van der Waals surface area contributed by atoms with E-state index in [9.17, 15) is 4.79 Å². The van der Waals surface area contributed by atoms with Crippen LogP contribution in [-0.2, 0) is 6.54 Å². The highest BCUT2D eigenvalue weighted by Crippen LogP contribution is 2.17. The van der Waals surface area contributed by atoms with Gasteiger partial charge in [-0.3, -0.25) is 4.79 Å². The maximum absolute atomic E-state index is 12.0. The molecule has 0 bridgehead atoms. The number of aromatic nitrogens is 2. The fourth-order valence-corrected chi connectivity index (χ4v) is 3.12. The molecular weight excluding hydrogens is 262 g/mol. The Morgan fingerprint density at radius 2 is 1.81 bits per heavy atom. The predicted molar refractivity (Wildman–Crippen MR) is 85.3 cm³/mol.